The highest BCUT2D eigenvalue weighted by Crippen LogP contribution is 2.26. The molecular weight excluding hydrogens is 136 g/mol. The first-order valence-corrected chi connectivity index (χ1v) is 3.15. The first-order chi connectivity index (χ1) is 4.34. The van der Waals surface area contributed by atoms with Crippen molar-refractivity contribution in [2.24, 2.45) is 0 Å². The molecule has 1 aromatic rings. The van der Waals surface area contributed by atoms with Gasteiger partial charge in [0.05, 0.1) is 0 Å². The number of ether oxygens (including phenoxy) is 1. The summed E-state index contributed by atoms with van der Waals surface area (Å²) < 4.78 is 5.18. The topological polar surface area (TPSA) is 9.23 Å². The molecule has 1 aliphatic heterocycles. The third-order valence-corrected chi connectivity index (χ3v) is 1.55. The molecule has 0 aliphatic carbocycles. The van der Waals surface area contributed by atoms with E-state index in [1.165, 1.54) is 0 Å². The van der Waals surface area contributed by atoms with E-state index >= 15 is 0 Å². The van der Waals surface area contributed by atoms with Crippen molar-refractivity contribution in [1.29, 1.82) is 0 Å². The molecule has 2 rings (SSSR count). The van der Waals surface area contributed by atoms with Gasteiger partial charge in [-0.3, -0.25) is 0 Å². The second kappa shape index (κ2) is 1.64. The van der Waals surface area contributed by atoms with Crippen LogP contribution in [0, 0.1) is 0 Å². The molecule has 1 aliphatic rings. The summed E-state index contributed by atoms with van der Waals surface area (Å²) in [5.41, 5.74) is 1.16. The molecule has 0 saturated carbocycles. The molecule has 0 radical (unpaired) electrons. The van der Waals surface area contributed by atoms with E-state index in [0.717, 1.165) is 16.3 Å². The average molecular weight is 141 g/mol. The minimum absolute atomic E-state index is 0.683. The smallest absolute Gasteiger partial charge is 0.121 e. The number of hydrogen-bond acceptors (Lipinski definition) is 1. The molecule has 9 heavy (non-hydrogen) atoms. The second-order valence-corrected chi connectivity index (χ2v) is 2.52. The maximum absolute atomic E-state index is 5.71. The van der Waals surface area contributed by atoms with Gasteiger partial charge in [0.15, 0.2) is 0 Å². The Labute approximate surface area is 58.2 Å². The molecular formula is C7H5ClO. The zero-order valence-electron chi connectivity index (χ0n) is 4.73. The van der Waals surface area contributed by atoms with Gasteiger partial charge < -0.3 is 4.74 Å². The van der Waals surface area contributed by atoms with Gasteiger partial charge in [0.25, 0.3) is 0 Å². The van der Waals surface area contributed by atoms with Crippen LogP contribution in [0.3, 0.4) is 0 Å². The maximum atomic E-state index is 5.71. The quantitative estimate of drug-likeness (QED) is 0.537. The van der Waals surface area contributed by atoms with E-state index < -0.39 is 0 Å². The lowest BCUT2D eigenvalue weighted by Gasteiger charge is -1.89. The molecule has 0 N–H and O–H groups in total. The van der Waals surface area contributed by atoms with Crippen LogP contribution in [0.2, 0.25) is 5.02 Å². The van der Waals surface area contributed by atoms with Crippen molar-refractivity contribution in [1.82, 2.24) is 0 Å². The van der Waals surface area contributed by atoms with Crippen LogP contribution in [0.15, 0.2) is 18.2 Å². The normalized spacial score (nSPS) is 13.4. The molecule has 1 heterocycles. The van der Waals surface area contributed by atoms with E-state index in [4.69, 9.17) is 16.3 Å². The minimum atomic E-state index is 0.683. The summed E-state index contributed by atoms with van der Waals surface area (Å²) >= 11 is 5.71. The Bertz CT molecular complexity index is 222. The number of fused-ring (bicyclic) bond motifs is 2. The maximum Gasteiger partial charge on any atom is 0.121 e. The predicted molar refractivity (Wildman–Crippen MR) is 35.8 cm³/mol. The highest BCUT2D eigenvalue weighted by Gasteiger charge is 2.07. The summed E-state index contributed by atoms with van der Waals surface area (Å²) in [6, 6.07) is 5.72. The van der Waals surface area contributed by atoms with Gasteiger partial charge >= 0.3 is 0 Å². The monoisotopic (exact) mass is 140 g/mol. The van der Waals surface area contributed by atoms with Gasteiger partial charge in [-0.25, -0.2) is 0 Å². The molecule has 46 valence electrons. The Morgan fingerprint density at radius 2 is 2.22 bits per heavy atom. The Hall–Kier alpha value is -0.690. The third kappa shape index (κ3) is 0.775. The molecule has 2 bridgehead atoms. The summed E-state index contributed by atoms with van der Waals surface area (Å²) in [6.45, 7) is 0.683. The van der Waals surface area contributed by atoms with Crippen LogP contribution in [0.1, 0.15) is 5.56 Å². The zero-order chi connectivity index (χ0) is 6.27. The van der Waals surface area contributed by atoms with Crippen molar-refractivity contribution in [2.45, 2.75) is 6.61 Å². The summed E-state index contributed by atoms with van der Waals surface area (Å²) in [7, 11) is 0. The summed E-state index contributed by atoms with van der Waals surface area (Å²) in [6.07, 6.45) is 0. The average Bonchev–Trinajstić information content (AvgIpc) is 2.11. The largest absolute Gasteiger partial charge is 0.489 e. The Kier molecular flexibility index (Phi) is 0.935. The van der Waals surface area contributed by atoms with Crippen molar-refractivity contribution < 1.29 is 4.74 Å². The van der Waals surface area contributed by atoms with Crippen molar-refractivity contribution in [3.8, 4) is 5.75 Å². The number of hydrogen-bond donors (Lipinski definition) is 0. The molecule has 0 atom stereocenters. The van der Waals surface area contributed by atoms with E-state index in [1.807, 2.05) is 18.2 Å². The second-order valence-electron chi connectivity index (χ2n) is 2.08. The first-order valence-electron chi connectivity index (χ1n) is 2.77. The Balaban J connectivity index is 2.64. The summed E-state index contributed by atoms with van der Waals surface area (Å²) in [4.78, 5) is 0. The standard InChI is InChI=1S/C7H5ClO/c8-6-1-5-2-7(3-6)9-4-5/h1-3H,4H2. The van der Waals surface area contributed by atoms with Crippen molar-refractivity contribution in [2.75, 3.05) is 0 Å². The van der Waals surface area contributed by atoms with Gasteiger partial charge in [0, 0.05) is 5.02 Å². The van der Waals surface area contributed by atoms with Crippen LogP contribution < -0.4 is 4.74 Å². The lowest BCUT2D eigenvalue weighted by atomic mass is 10.2. The van der Waals surface area contributed by atoms with Crippen LogP contribution in [0.5, 0.6) is 5.75 Å². The van der Waals surface area contributed by atoms with Crippen molar-refractivity contribution in [3.63, 3.8) is 0 Å². The molecule has 0 unspecified atom stereocenters. The van der Waals surface area contributed by atoms with Gasteiger partial charge in [-0.2, -0.15) is 0 Å². The Morgan fingerprint density at radius 1 is 1.33 bits per heavy atom. The Morgan fingerprint density at radius 3 is 3.00 bits per heavy atom. The molecule has 1 aromatic carbocycles. The van der Waals surface area contributed by atoms with E-state index in [-0.39, 0.29) is 0 Å². The van der Waals surface area contributed by atoms with Crippen molar-refractivity contribution in [3.05, 3.63) is 28.8 Å². The molecule has 1 nitrogen and oxygen atoms in total. The van der Waals surface area contributed by atoms with Crippen LogP contribution in [-0.4, -0.2) is 0 Å². The van der Waals surface area contributed by atoms with Gasteiger partial charge in [-0.05, 0) is 23.8 Å². The number of rotatable bonds is 0. The van der Waals surface area contributed by atoms with Crippen LogP contribution >= 0.6 is 11.6 Å². The first kappa shape index (κ1) is 5.12. The van der Waals surface area contributed by atoms with E-state index in [2.05, 4.69) is 0 Å². The molecule has 0 aromatic heterocycles. The molecule has 0 spiro atoms. The van der Waals surface area contributed by atoms with Gasteiger partial charge in [-0.1, -0.05) is 11.6 Å². The van der Waals surface area contributed by atoms with Crippen molar-refractivity contribution >= 4 is 11.6 Å². The highest BCUT2D eigenvalue weighted by atomic mass is 35.5. The third-order valence-electron chi connectivity index (χ3n) is 1.34. The fourth-order valence-corrected chi connectivity index (χ4v) is 1.20. The van der Waals surface area contributed by atoms with E-state index in [0.29, 0.717) is 6.61 Å². The molecule has 0 saturated heterocycles. The fourth-order valence-electron chi connectivity index (χ4n) is 0.954. The lowest BCUT2D eigenvalue weighted by Crippen LogP contribution is -1.81. The minimum Gasteiger partial charge on any atom is -0.489 e. The van der Waals surface area contributed by atoms with Crippen LogP contribution in [0.4, 0.5) is 0 Å². The summed E-state index contributed by atoms with van der Waals surface area (Å²) in [5, 5.41) is 0.764. The van der Waals surface area contributed by atoms with Crippen LogP contribution in [0.25, 0.3) is 0 Å². The predicted octanol–water partition coefficient (Wildman–Crippen LogP) is 2.23. The van der Waals surface area contributed by atoms with E-state index in [9.17, 15) is 0 Å². The summed E-state index contributed by atoms with van der Waals surface area (Å²) in [5.74, 6) is 0.887. The number of halogens is 1. The zero-order valence-corrected chi connectivity index (χ0v) is 5.48. The highest BCUT2D eigenvalue weighted by molar-refractivity contribution is 6.30. The molecule has 0 amide bonds. The SMILES string of the molecule is Clc1cc2cc(c1)OC2. The van der Waals surface area contributed by atoms with Crippen LogP contribution in [-0.2, 0) is 6.61 Å². The van der Waals surface area contributed by atoms with Gasteiger partial charge in [0.2, 0.25) is 0 Å². The molecule has 2 heteroatoms. The lowest BCUT2D eigenvalue weighted by molar-refractivity contribution is 0.328. The van der Waals surface area contributed by atoms with E-state index in [1.54, 1.807) is 0 Å². The van der Waals surface area contributed by atoms with Gasteiger partial charge in [0.1, 0.15) is 12.4 Å². The number of benzene rings is 1. The van der Waals surface area contributed by atoms with Gasteiger partial charge in [-0.15, -0.1) is 0 Å². The fraction of sp³-hybridized carbons (Fsp3) is 0.143. The molecule has 0 fully saturated rings.